The van der Waals surface area contributed by atoms with Crippen molar-refractivity contribution in [1.29, 1.82) is 0 Å². The monoisotopic (exact) mass is 548 g/mol. The van der Waals surface area contributed by atoms with Gasteiger partial charge in [-0.1, -0.05) is 12.1 Å². The third-order valence-electron chi connectivity index (χ3n) is 5.94. The van der Waals surface area contributed by atoms with E-state index in [0.29, 0.717) is 28.3 Å². The van der Waals surface area contributed by atoms with E-state index in [-0.39, 0.29) is 36.0 Å². The summed E-state index contributed by atoms with van der Waals surface area (Å²) in [6.07, 6.45) is -6.61. The van der Waals surface area contributed by atoms with Crippen molar-refractivity contribution in [2.24, 2.45) is 0 Å². The molecule has 0 N–H and O–H groups in total. The molecule has 1 aliphatic rings. The lowest BCUT2D eigenvalue weighted by molar-refractivity contribution is -0.330. The van der Waals surface area contributed by atoms with E-state index in [1.54, 1.807) is 24.3 Å². The molecule has 1 aromatic carbocycles. The van der Waals surface area contributed by atoms with Crippen LogP contribution < -0.4 is 4.90 Å². The van der Waals surface area contributed by atoms with Crippen molar-refractivity contribution in [2.75, 3.05) is 4.90 Å². The highest BCUT2D eigenvalue weighted by Crippen LogP contribution is 2.32. The number of ether oxygens (including phenoxy) is 1. The Morgan fingerprint density at radius 2 is 1.77 bits per heavy atom. The molecule has 14 heteroatoms. The van der Waals surface area contributed by atoms with Gasteiger partial charge in [-0.25, -0.2) is 14.6 Å². The molecule has 1 aliphatic heterocycles. The molecule has 0 unspecified atom stereocenters. The summed E-state index contributed by atoms with van der Waals surface area (Å²) in [4.78, 5) is 26.8. The maximum atomic E-state index is 13.0. The highest BCUT2D eigenvalue weighted by molar-refractivity contribution is 6.00. The Morgan fingerprint density at radius 1 is 1.03 bits per heavy atom. The van der Waals surface area contributed by atoms with Crippen molar-refractivity contribution in [3.8, 4) is 17.1 Å². The SMILES string of the molecule is Cc1cc(C(F)(F)F)nn1-c1ccc(CN2C(=O)Cc3cnc(-c4cccnc4COC(F)(F)F)nc32)cc1. The number of benzene rings is 1. The Labute approximate surface area is 216 Å². The fourth-order valence-electron chi connectivity index (χ4n) is 4.13. The van der Waals surface area contributed by atoms with Crippen LogP contribution in [0, 0.1) is 6.92 Å². The molecule has 0 saturated carbocycles. The zero-order chi connectivity index (χ0) is 27.9. The van der Waals surface area contributed by atoms with Gasteiger partial charge in [0.05, 0.1) is 31.0 Å². The molecule has 39 heavy (non-hydrogen) atoms. The van der Waals surface area contributed by atoms with E-state index in [4.69, 9.17) is 0 Å². The molecule has 0 aliphatic carbocycles. The van der Waals surface area contributed by atoms with E-state index >= 15 is 0 Å². The summed E-state index contributed by atoms with van der Waals surface area (Å²) in [6.45, 7) is 0.775. The van der Waals surface area contributed by atoms with Crippen LogP contribution in [-0.4, -0.2) is 37.0 Å². The van der Waals surface area contributed by atoms with Gasteiger partial charge in [0.25, 0.3) is 0 Å². The number of carbonyl (C=O) groups excluding carboxylic acids is 1. The molecule has 3 aromatic heterocycles. The number of nitrogens with zero attached hydrogens (tertiary/aromatic N) is 6. The second kappa shape index (κ2) is 9.76. The molecule has 0 spiro atoms. The Kier molecular flexibility index (Phi) is 6.58. The molecule has 202 valence electrons. The molecule has 0 atom stereocenters. The van der Waals surface area contributed by atoms with E-state index in [0.717, 1.165) is 6.07 Å². The van der Waals surface area contributed by atoms with Crippen LogP contribution in [0.25, 0.3) is 17.1 Å². The standard InChI is InChI=1S/C25H18F6N6O2/c1-14-9-20(24(26,27)28)35-37(14)17-6-4-15(5-7-17)12-36-21(38)10-16-11-33-22(34-23(16)36)18-3-2-8-32-19(18)13-39-25(29,30)31/h2-9,11H,10,12-13H2,1H3. The first kappa shape index (κ1) is 26.3. The van der Waals surface area contributed by atoms with Crippen molar-refractivity contribution in [3.05, 3.63) is 83.1 Å². The van der Waals surface area contributed by atoms with Crippen LogP contribution in [0.4, 0.5) is 32.2 Å². The number of halogens is 6. The first-order valence-corrected chi connectivity index (χ1v) is 11.4. The number of fused-ring (bicyclic) bond motifs is 1. The lowest BCUT2D eigenvalue weighted by atomic mass is 10.1. The van der Waals surface area contributed by atoms with Gasteiger partial charge in [0, 0.05) is 29.2 Å². The van der Waals surface area contributed by atoms with E-state index in [9.17, 15) is 31.1 Å². The molecule has 8 nitrogen and oxygen atoms in total. The normalized spacial score (nSPS) is 13.7. The predicted octanol–water partition coefficient (Wildman–Crippen LogP) is 5.18. The van der Waals surface area contributed by atoms with Gasteiger partial charge in [0.2, 0.25) is 5.91 Å². The van der Waals surface area contributed by atoms with E-state index < -0.39 is 24.8 Å². The number of pyridine rings is 1. The van der Waals surface area contributed by atoms with Gasteiger partial charge < -0.3 is 0 Å². The summed E-state index contributed by atoms with van der Waals surface area (Å²) in [5.74, 6) is 0.121. The molecule has 5 rings (SSSR count). The number of amides is 1. The molecular weight excluding hydrogens is 530 g/mol. The quantitative estimate of drug-likeness (QED) is 0.309. The van der Waals surface area contributed by atoms with Crippen LogP contribution in [0.15, 0.2) is 54.9 Å². The van der Waals surface area contributed by atoms with Crippen molar-refractivity contribution in [3.63, 3.8) is 0 Å². The number of hydrogen-bond donors (Lipinski definition) is 0. The van der Waals surface area contributed by atoms with Gasteiger partial charge in [-0.2, -0.15) is 18.3 Å². The minimum absolute atomic E-state index is 0.0242. The average molecular weight is 548 g/mol. The number of hydrogen-bond acceptors (Lipinski definition) is 6. The lowest BCUT2D eigenvalue weighted by Gasteiger charge is -2.18. The summed E-state index contributed by atoms with van der Waals surface area (Å²) in [5.41, 5.74) is 1.13. The Balaban J connectivity index is 1.39. The summed E-state index contributed by atoms with van der Waals surface area (Å²) in [5, 5.41) is 3.63. The summed E-state index contributed by atoms with van der Waals surface area (Å²) in [7, 11) is 0. The maximum absolute atomic E-state index is 13.0. The molecule has 0 radical (unpaired) electrons. The van der Waals surface area contributed by atoms with Crippen molar-refractivity contribution >= 4 is 11.7 Å². The second-order valence-corrected chi connectivity index (χ2v) is 8.68. The van der Waals surface area contributed by atoms with E-state index in [2.05, 4.69) is 24.8 Å². The van der Waals surface area contributed by atoms with Crippen LogP contribution in [-0.2, 0) is 35.3 Å². The van der Waals surface area contributed by atoms with Gasteiger partial charge in [0.1, 0.15) is 5.82 Å². The molecule has 0 fully saturated rings. The van der Waals surface area contributed by atoms with Crippen LogP contribution in [0.2, 0.25) is 0 Å². The molecule has 4 heterocycles. The van der Waals surface area contributed by atoms with Crippen molar-refractivity contribution in [1.82, 2.24) is 24.7 Å². The smallest absolute Gasteiger partial charge is 0.292 e. The number of rotatable bonds is 6. The van der Waals surface area contributed by atoms with Crippen molar-refractivity contribution < 1.29 is 35.9 Å². The third kappa shape index (κ3) is 5.60. The Hall–Kier alpha value is -4.33. The number of aromatic nitrogens is 5. The number of alkyl halides is 6. The summed E-state index contributed by atoms with van der Waals surface area (Å²) >= 11 is 0. The first-order valence-electron chi connectivity index (χ1n) is 11.4. The average Bonchev–Trinajstić information content (AvgIpc) is 3.42. The van der Waals surface area contributed by atoms with Gasteiger partial charge in [-0.15, -0.1) is 13.2 Å². The number of carbonyl (C=O) groups is 1. The first-order chi connectivity index (χ1) is 18.4. The minimum atomic E-state index is -4.84. The number of anilines is 1. The zero-order valence-electron chi connectivity index (χ0n) is 20.1. The topological polar surface area (TPSA) is 86.0 Å². The Bertz CT molecular complexity index is 1530. The molecule has 1 amide bonds. The molecule has 4 aromatic rings. The zero-order valence-corrected chi connectivity index (χ0v) is 20.1. The van der Waals surface area contributed by atoms with Gasteiger partial charge in [-0.3, -0.25) is 19.4 Å². The maximum Gasteiger partial charge on any atom is 0.522 e. The van der Waals surface area contributed by atoms with E-state index in [1.165, 1.54) is 41.0 Å². The summed E-state index contributed by atoms with van der Waals surface area (Å²) < 4.78 is 81.8. The highest BCUT2D eigenvalue weighted by atomic mass is 19.4. The van der Waals surface area contributed by atoms with Crippen LogP contribution in [0.1, 0.15) is 28.2 Å². The summed E-state index contributed by atoms with van der Waals surface area (Å²) in [6, 6.07) is 10.5. The second-order valence-electron chi connectivity index (χ2n) is 8.68. The van der Waals surface area contributed by atoms with Crippen LogP contribution in [0.5, 0.6) is 0 Å². The third-order valence-corrected chi connectivity index (χ3v) is 5.94. The van der Waals surface area contributed by atoms with Gasteiger partial charge >= 0.3 is 12.5 Å². The molecule has 0 bridgehead atoms. The highest BCUT2D eigenvalue weighted by Gasteiger charge is 2.35. The van der Waals surface area contributed by atoms with E-state index in [1.807, 2.05) is 0 Å². The van der Waals surface area contributed by atoms with Crippen LogP contribution >= 0.6 is 0 Å². The fourth-order valence-corrected chi connectivity index (χ4v) is 4.13. The van der Waals surface area contributed by atoms with Gasteiger partial charge in [0.15, 0.2) is 11.5 Å². The minimum Gasteiger partial charge on any atom is -0.292 e. The molecule has 0 saturated heterocycles. The molecular formula is C25H18F6N6O2. The van der Waals surface area contributed by atoms with Gasteiger partial charge in [-0.05, 0) is 42.8 Å². The Morgan fingerprint density at radius 3 is 2.44 bits per heavy atom. The van der Waals surface area contributed by atoms with Crippen molar-refractivity contribution in [2.45, 2.75) is 39.0 Å². The lowest BCUT2D eigenvalue weighted by Crippen LogP contribution is -2.26. The fraction of sp³-hybridized carbons (Fsp3) is 0.240. The predicted molar refractivity (Wildman–Crippen MR) is 124 cm³/mol. The van der Waals surface area contributed by atoms with Crippen LogP contribution in [0.3, 0.4) is 0 Å². The number of aryl methyl sites for hydroxylation is 1. The largest absolute Gasteiger partial charge is 0.522 e.